The van der Waals surface area contributed by atoms with Crippen LogP contribution in [0, 0.1) is 11.3 Å². The molecule has 1 aromatic heterocycles. The fourth-order valence-corrected chi connectivity index (χ4v) is 2.26. The Hall–Kier alpha value is -1.16. The molecule has 5 nitrogen and oxygen atoms in total. The lowest BCUT2D eigenvalue weighted by atomic mass is 10.1. The molecular formula is C10H9BrClN5. The summed E-state index contributed by atoms with van der Waals surface area (Å²) in [5.41, 5.74) is 6.11. The van der Waals surface area contributed by atoms with Crippen LogP contribution in [0.2, 0.25) is 5.02 Å². The molecule has 2 rings (SSSR count). The van der Waals surface area contributed by atoms with E-state index in [0.29, 0.717) is 16.1 Å². The molecular weight excluding hydrogens is 306 g/mol. The average Bonchev–Trinajstić information content (AvgIpc) is 2.59. The first kappa shape index (κ1) is 12.3. The molecule has 0 bridgehead atoms. The molecule has 1 heterocycles. The van der Waals surface area contributed by atoms with Gasteiger partial charge >= 0.3 is 0 Å². The Balaban J connectivity index is 2.46. The second-order valence-electron chi connectivity index (χ2n) is 4.02. The first-order chi connectivity index (χ1) is 7.91. The lowest BCUT2D eigenvalue weighted by molar-refractivity contribution is 0.423. The van der Waals surface area contributed by atoms with Crippen LogP contribution in [0.15, 0.2) is 16.6 Å². The minimum absolute atomic E-state index is 0.224. The van der Waals surface area contributed by atoms with E-state index in [1.807, 2.05) is 6.07 Å². The maximum atomic E-state index is 8.85. The highest BCUT2D eigenvalue weighted by atomic mass is 79.9. The summed E-state index contributed by atoms with van der Waals surface area (Å²) < 4.78 is 0.766. The van der Waals surface area contributed by atoms with E-state index in [-0.39, 0.29) is 6.54 Å². The summed E-state index contributed by atoms with van der Waals surface area (Å²) in [5, 5.41) is 17.9. The number of rotatable bonds is 2. The van der Waals surface area contributed by atoms with Crippen LogP contribution in [0.5, 0.6) is 0 Å². The molecule has 0 aliphatic heterocycles. The van der Waals surface area contributed by atoms with E-state index in [4.69, 9.17) is 22.6 Å². The first-order valence-corrected chi connectivity index (χ1v) is 5.98. The third-order valence-corrected chi connectivity index (χ3v) is 2.99. The summed E-state index contributed by atoms with van der Waals surface area (Å²) in [6, 6.07) is 5.46. The Kier molecular flexibility index (Phi) is 3.08. The van der Waals surface area contributed by atoms with Crippen LogP contribution in [-0.4, -0.2) is 20.5 Å². The van der Waals surface area contributed by atoms with Gasteiger partial charge in [0, 0.05) is 9.50 Å². The molecule has 17 heavy (non-hydrogen) atoms. The summed E-state index contributed by atoms with van der Waals surface area (Å²) in [5.74, 6) is 0. The van der Waals surface area contributed by atoms with Crippen molar-refractivity contribution in [2.24, 2.45) is 5.73 Å². The third kappa shape index (κ3) is 2.57. The molecule has 0 saturated heterocycles. The number of aromatic nitrogens is 3. The normalized spacial score (nSPS) is 14.5. The number of hydrogen-bond donors (Lipinski definition) is 1. The van der Waals surface area contributed by atoms with Crippen LogP contribution < -0.4 is 5.73 Å². The summed E-state index contributed by atoms with van der Waals surface area (Å²) >= 11 is 9.27. The molecule has 2 aromatic rings. The zero-order valence-electron chi connectivity index (χ0n) is 8.98. The summed E-state index contributed by atoms with van der Waals surface area (Å²) in [6.07, 6.45) is 0. The monoisotopic (exact) mass is 313 g/mol. The summed E-state index contributed by atoms with van der Waals surface area (Å²) in [7, 11) is 0. The van der Waals surface area contributed by atoms with E-state index in [1.165, 1.54) is 4.80 Å². The van der Waals surface area contributed by atoms with E-state index in [0.717, 1.165) is 4.47 Å². The molecule has 1 aromatic carbocycles. The molecule has 1 atom stereocenters. The van der Waals surface area contributed by atoms with Gasteiger partial charge in [-0.15, -0.1) is 0 Å². The number of nitrogens with two attached hydrogens (primary N) is 1. The molecule has 0 aliphatic rings. The molecule has 2 N–H and O–H groups in total. The van der Waals surface area contributed by atoms with Gasteiger partial charge in [0.05, 0.1) is 12.6 Å². The summed E-state index contributed by atoms with van der Waals surface area (Å²) in [4.78, 5) is 1.41. The zero-order valence-corrected chi connectivity index (χ0v) is 11.3. The fourth-order valence-electron chi connectivity index (χ4n) is 1.39. The highest BCUT2D eigenvalue weighted by molar-refractivity contribution is 9.10. The van der Waals surface area contributed by atoms with Crippen LogP contribution in [0.25, 0.3) is 11.0 Å². The quantitative estimate of drug-likeness (QED) is 0.920. The predicted octanol–water partition coefficient (Wildman–Crippen LogP) is 2.09. The van der Waals surface area contributed by atoms with Crippen LogP contribution in [-0.2, 0) is 6.54 Å². The number of hydrogen-bond acceptors (Lipinski definition) is 4. The molecule has 0 aliphatic carbocycles. The lowest BCUT2D eigenvalue weighted by Gasteiger charge is -2.13. The number of halogens is 2. The number of fused-ring (bicyclic) bond motifs is 1. The SMILES string of the molecule is CC(N)(C#N)Cn1nc2cc(Cl)cc(Br)c2n1. The van der Waals surface area contributed by atoms with Gasteiger partial charge in [0.2, 0.25) is 0 Å². The molecule has 7 heteroatoms. The Morgan fingerprint density at radius 1 is 1.59 bits per heavy atom. The minimum Gasteiger partial charge on any atom is -0.312 e. The Morgan fingerprint density at radius 2 is 2.29 bits per heavy atom. The van der Waals surface area contributed by atoms with E-state index >= 15 is 0 Å². The standard InChI is InChI=1S/C10H9BrClN5/c1-10(14,4-13)5-17-15-8-3-6(12)2-7(11)9(8)16-17/h2-3H,5,14H2,1H3. The predicted molar refractivity (Wildman–Crippen MR) is 68.4 cm³/mol. The Morgan fingerprint density at radius 3 is 2.94 bits per heavy atom. The first-order valence-electron chi connectivity index (χ1n) is 4.81. The highest BCUT2D eigenvalue weighted by Gasteiger charge is 2.20. The van der Waals surface area contributed by atoms with Gasteiger partial charge in [-0.2, -0.15) is 20.3 Å². The topological polar surface area (TPSA) is 80.5 Å². The highest BCUT2D eigenvalue weighted by Crippen LogP contribution is 2.25. The van der Waals surface area contributed by atoms with Crippen molar-refractivity contribution >= 4 is 38.6 Å². The van der Waals surface area contributed by atoms with Crippen molar-refractivity contribution < 1.29 is 0 Å². The number of benzene rings is 1. The maximum absolute atomic E-state index is 8.85. The second-order valence-corrected chi connectivity index (χ2v) is 5.31. The van der Waals surface area contributed by atoms with Crippen LogP contribution in [0.4, 0.5) is 0 Å². The largest absolute Gasteiger partial charge is 0.312 e. The zero-order chi connectivity index (χ0) is 12.6. The third-order valence-electron chi connectivity index (χ3n) is 2.17. The van der Waals surface area contributed by atoms with Crippen molar-refractivity contribution in [1.82, 2.24) is 15.0 Å². The molecule has 0 fully saturated rings. The molecule has 0 saturated carbocycles. The number of nitriles is 1. The second kappa shape index (κ2) is 4.26. The Labute approximate surface area is 111 Å². The van der Waals surface area contributed by atoms with Crippen molar-refractivity contribution in [3.05, 3.63) is 21.6 Å². The smallest absolute Gasteiger partial charge is 0.127 e. The molecule has 88 valence electrons. The summed E-state index contributed by atoms with van der Waals surface area (Å²) in [6.45, 7) is 1.85. The minimum atomic E-state index is -0.995. The Bertz CT molecular complexity index is 613. The van der Waals surface area contributed by atoms with E-state index < -0.39 is 5.54 Å². The molecule has 0 radical (unpaired) electrons. The lowest BCUT2D eigenvalue weighted by Crippen LogP contribution is -2.39. The van der Waals surface area contributed by atoms with Crippen molar-refractivity contribution in [3.63, 3.8) is 0 Å². The van der Waals surface area contributed by atoms with Crippen LogP contribution in [0.1, 0.15) is 6.92 Å². The molecule has 0 amide bonds. The van der Waals surface area contributed by atoms with Gasteiger partial charge < -0.3 is 5.73 Å². The van der Waals surface area contributed by atoms with Crippen LogP contribution >= 0.6 is 27.5 Å². The average molecular weight is 315 g/mol. The van der Waals surface area contributed by atoms with Gasteiger partial charge in [0.25, 0.3) is 0 Å². The van der Waals surface area contributed by atoms with Crippen molar-refractivity contribution in [3.8, 4) is 6.07 Å². The fraction of sp³-hybridized carbons (Fsp3) is 0.300. The van der Waals surface area contributed by atoms with Gasteiger partial charge in [0.15, 0.2) is 0 Å². The maximum Gasteiger partial charge on any atom is 0.127 e. The molecule has 1 unspecified atom stereocenters. The van der Waals surface area contributed by atoms with E-state index in [1.54, 1.807) is 19.1 Å². The van der Waals surface area contributed by atoms with Gasteiger partial charge in [-0.3, -0.25) is 0 Å². The van der Waals surface area contributed by atoms with E-state index in [2.05, 4.69) is 26.1 Å². The molecule has 0 spiro atoms. The number of nitrogens with zero attached hydrogens (tertiary/aromatic N) is 4. The van der Waals surface area contributed by atoms with Crippen LogP contribution in [0.3, 0.4) is 0 Å². The van der Waals surface area contributed by atoms with Crippen molar-refractivity contribution in [2.45, 2.75) is 19.0 Å². The van der Waals surface area contributed by atoms with Gasteiger partial charge in [-0.25, -0.2) is 0 Å². The van der Waals surface area contributed by atoms with Crippen molar-refractivity contribution in [1.29, 1.82) is 5.26 Å². The van der Waals surface area contributed by atoms with Gasteiger partial charge in [-0.1, -0.05) is 11.6 Å². The van der Waals surface area contributed by atoms with Gasteiger partial charge in [-0.05, 0) is 35.0 Å². The van der Waals surface area contributed by atoms with E-state index in [9.17, 15) is 0 Å². The van der Waals surface area contributed by atoms with Gasteiger partial charge in [0.1, 0.15) is 16.6 Å². The van der Waals surface area contributed by atoms with Crippen molar-refractivity contribution in [2.75, 3.05) is 0 Å².